The van der Waals surface area contributed by atoms with E-state index in [1.54, 1.807) is 42.5 Å². The van der Waals surface area contributed by atoms with Crippen LogP contribution in [-0.2, 0) is 16.0 Å². The number of hydrogen-bond acceptors (Lipinski definition) is 5. The highest BCUT2D eigenvalue weighted by atomic mass is 16.7. The van der Waals surface area contributed by atoms with E-state index in [2.05, 4.69) is 0 Å². The third-order valence-corrected chi connectivity index (χ3v) is 4.89. The number of rotatable bonds is 6. The standard InChI is InChI=1S/C25H20O5/c1-28-25(27)23(19-12-13-21-22(15-19)30-16-29-21)20(14-17-8-4-2-5-9-17)24(26)18-10-6-3-7-11-18/h2-13,15H,14,16H2,1H3/b23-20-. The van der Waals surface area contributed by atoms with E-state index in [4.69, 9.17) is 14.2 Å². The van der Waals surface area contributed by atoms with Crippen LogP contribution in [-0.4, -0.2) is 25.7 Å². The molecule has 0 unspecified atom stereocenters. The van der Waals surface area contributed by atoms with Gasteiger partial charge in [0.15, 0.2) is 17.3 Å². The molecule has 4 rings (SSSR count). The first-order chi connectivity index (χ1) is 14.7. The van der Waals surface area contributed by atoms with Crippen molar-refractivity contribution < 1.29 is 23.8 Å². The zero-order chi connectivity index (χ0) is 20.9. The van der Waals surface area contributed by atoms with Gasteiger partial charge in [-0.2, -0.15) is 0 Å². The number of ketones is 1. The Morgan fingerprint density at radius 3 is 2.20 bits per heavy atom. The van der Waals surface area contributed by atoms with Crippen molar-refractivity contribution in [3.8, 4) is 11.5 Å². The largest absolute Gasteiger partial charge is 0.465 e. The summed E-state index contributed by atoms with van der Waals surface area (Å²) in [5, 5.41) is 0. The molecule has 150 valence electrons. The van der Waals surface area contributed by atoms with E-state index >= 15 is 0 Å². The van der Waals surface area contributed by atoms with Crippen molar-refractivity contribution in [2.24, 2.45) is 0 Å². The fraction of sp³-hybridized carbons (Fsp3) is 0.120. The van der Waals surface area contributed by atoms with Gasteiger partial charge in [0.1, 0.15) is 0 Å². The molecular formula is C25H20O5. The summed E-state index contributed by atoms with van der Waals surface area (Å²) in [4.78, 5) is 26.4. The normalized spacial score (nSPS) is 12.8. The van der Waals surface area contributed by atoms with Crippen molar-refractivity contribution in [1.82, 2.24) is 0 Å². The number of methoxy groups -OCH3 is 1. The summed E-state index contributed by atoms with van der Waals surface area (Å²) in [5.41, 5.74) is 2.54. The SMILES string of the molecule is COC(=O)/C(=C(/Cc1ccccc1)C(=O)c1ccccc1)c1ccc2c(c1)OCO2. The third kappa shape index (κ3) is 3.96. The summed E-state index contributed by atoms with van der Waals surface area (Å²) in [5.74, 6) is 0.323. The number of fused-ring (bicyclic) bond motifs is 1. The zero-order valence-electron chi connectivity index (χ0n) is 16.5. The predicted molar refractivity (Wildman–Crippen MR) is 112 cm³/mol. The molecule has 0 atom stereocenters. The first-order valence-electron chi connectivity index (χ1n) is 9.52. The number of carbonyl (C=O) groups excluding carboxylic acids is 2. The van der Waals surface area contributed by atoms with Gasteiger partial charge in [-0.1, -0.05) is 66.7 Å². The molecule has 1 aliphatic heterocycles. The number of allylic oxidation sites excluding steroid dienone is 1. The molecular weight excluding hydrogens is 380 g/mol. The van der Waals surface area contributed by atoms with Gasteiger partial charge in [-0.25, -0.2) is 4.79 Å². The summed E-state index contributed by atoms with van der Waals surface area (Å²) in [7, 11) is 1.31. The molecule has 5 heteroatoms. The number of carbonyl (C=O) groups is 2. The molecule has 0 fully saturated rings. The average Bonchev–Trinajstić information content (AvgIpc) is 3.27. The molecule has 0 N–H and O–H groups in total. The van der Waals surface area contributed by atoms with Crippen molar-refractivity contribution in [1.29, 1.82) is 0 Å². The van der Waals surface area contributed by atoms with Crippen LogP contribution in [0.15, 0.2) is 84.4 Å². The molecule has 1 aliphatic rings. The Hall–Kier alpha value is -3.86. The van der Waals surface area contributed by atoms with Gasteiger partial charge < -0.3 is 14.2 Å². The smallest absolute Gasteiger partial charge is 0.338 e. The maximum Gasteiger partial charge on any atom is 0.338 e. The molecule has 0 aromatic heterocycles. The lowest BCUT2D eigenvalue weighted by atomic mass is 9.89. The van der Waals surface area contributed by atoms with E-state index in [0.29, 0.717) is 28.2 Å². The Bertz CT molecular complexity index is 1100. The molecule has 0 spiro atoms. The van der Waals surface area contributed by atoms with Crippen LogP contribution in [0.2, 0.25) is 0 Å². The highest BCUT2D eigenvalue weighted by molar-refractivity contribution is 6.27. The minimum atomic E-state index is -0.580. The van der Waals surface area contributed by atoms with Gasteiger partial charge in [-0.05, 0) is 23.3 Å². The predicted octanol–water partition coefficient (Wildman–Crippen LogP) is 4.47. The lowest BCUT2D eigenvalue weighted by Gasteiger charge is -2.15. The molecule has 0 bridgehead atoms. The van der Waals surface area contributed by atoms with Crippen molar-refractivity contribution in [2.75, 3.05) is 13.9 Å². The fourth-order valence-electron chi connectivity index (χ4n) is 3.42. The van der Waals surface area contributed by atoms with Gasteiger partial charge >= 0.3 is 5.97 Å². The summed E-state index contributed by atoms with van der Waals surface area (Å²) >= 11 is 0. The average molecular weight is 400 g/mol. The second-order valence-electron chi connectivity index (χ2n) is 6.77. The second kappa shape index (κ2) is 8.66. The van der Waals surface area contributed by atoms with Gasteiger partial charge in [-0.15, -0.1) is 0 Å². The van der Waals surface area contributed by atoms with Gasteiger partial charge in [0.2, 0.25) is 6.79 Å². The van der Waals surface area contributed by atoms with E-state index in [9.17, 15) is 9.59 Å². The topological polar surface area (TPSA) is 61.8 Å². The van der Waals surface area contributed by atoms with Crippen LogP contribution < -0.4 is 9.47 Å². The zero-order valence-corrected chi connectivity index (χ0v) is 16.5. The first kappa shape index (κ1) is 19.5. The maximum absolute atomic E-state index is 13.5. The van der Waals surface area contributed by atoms with E-state index in [1.807, 2.05) is 36.4 Å². The number of Topliss-reactive ketones (excluding diaryl/α,β-unsaturated/α-hetero) is 1. The molecule has 5 nitrogen and oxygen atoms in total. The van der Waals surface area contributed by atoms with Gasteiger partial charge in [0, 0.05) is 17.6 Å². The lowest BCUT2D eigenvalue weighted by Crippen LogP contribution is -2.15. The Kier molecular flexibility index (Phi) is 5.61. The highest BCUT2D eigenvalue weighted by Gasteiger charge is 2.26. The number of ether oxygens (including phenoxy) is 3. The summed E-state index contributed by atoms with van der Waals surface area (Å²) in [6.07, 6.45) is 0.285. The van der Waals surface area contributed by atoms with E-state index in [1.165, 1.54) is 7.11 Å². The van der Waals surface area contributed by atoms with Gasteiger partial charge in [0.05, 0.1) is 12.7 Å². The molecule has 1 heterocycles. The third-order valence-electron chi connectivity index (χ3n) is 4.89. The Morgan fingerprint density at radius 1 is 0.833 bits per heavy atom. The maximum atomic E-state index is 13.5. The van der Waals surface area contributed by atoms with Crippen molar-refractivity contribution in [3.05, 3.63) is 101 Å². The van der Waals surface area contributed by atoms with Crippen molar-refractivity contribution >= 4 is 17.3 Å². The fourth-order valence-corrected chi connectivity index (χ4v) is 3.42. The minimum Gasteiger partial charge on any atom is -0.465 e. The quantitative estimate of drug-likeness (QED) is 0.347. The number of benzene rings is 3. The van der Waals surface area contributed by atoms with Crippen LogP contribution in [0.5, 0.6) is 11.5 Å². The molecule has 0 amide bonds. The lowest BCUT2D eigenvalue weighted by molar-refractivity contribution is -0.133. The van der Waals surface area contributed by atoms with Crippen LogP contribution >= 0.6 is 0 Å². The molecule has 0 saturated carbocycles. The molecule has 0 saturated heterocycles. The van der Waals surface area contributed by atoms with Crippen LogP contribution in [0.25, 0.3) is 5.57 Å². The Labute approximate surface area is 174 Å². The van der Waals surface area contributed by atoms with Crippen LogP contribution in [0.4, 0.5) is 0 Å². The van der Waals surface area contributed by atoms with E-state index < -0.39 is 5.97 Å². The summed E-state index contributed by atoms with van der Waals surface area (Å²) < 4.78 is 15.9. The molecule has 0 aliphatic carbocycles. The van der Waals surface area contributed by atoms with E-state index in [0.717, 1.165) is 5.56 Å². The van der Waals surface area contributed by atoms with E-state index in [-0.39, 0.29) is 24.6 Å². The molecule has 0 radical (unpaired) electrons. The number of hydrogen-bond donors (Lipinski definition) is 0. The summed E-state index contributed by atoms with van der Waals surface area (Å²) in [6.45, 7) is 0.121. The minimum absolute atomic E-state index is 0.121. The van der Waals surface area contributed by atoms with Gasteiger partial charge in [0.25, 0.3) is 0 Å². The molecule has 30 heavy (non-hydrogen) atoms. The Balaban J connectivity index is 1.90. The van der Waals surface area contributed by atoms with Crippen molar-refractivity contribution in [2.45, 2.75) is 6.42 Å². The monoisotopic (exact) mass is 400 g/mol. The summed E-state index contributed by atoms with van der Waals surface area (Å²) in [6, 6.07) is 23.6. The highest BCUT2D eigenvalue weighted by Crippen LogP contribution is 2.36. The molecule has 3 aromatic carbocycles. The number of esters is 1. The van der Waals surface area contributed by atoms with Crippen LogP contribution in [0, 0.1) is 0 Å². The first-order valence-corrected chi connectivity index (χ1v) is 9.52. The Morgan fingerprint density at radius 2 is 1.50 bits per heavy atom. The van der Waals surface area contributed by atoms with Crippen molar-refractivity contribution in [3.63, 3.8) is 0 Å². The van der Waals surface area contributed by atoms with Crippen LogP contribution in [0.1, 0.15) is 21.5 Å². The molecule has 3 aromatic rings. The van der Waals surface area contributed by atoms with Gasteiger partial charge in [-0.3, -0.25) is 4.79 Å². The second-order valence-corrected chi connectivity index (χ2v) is 6.77. The van der Waals surface area contributed by atoms with Crippen LogP contribution in [0.3, 0.4) is 0 Å².